The first-order valence-electron chi connectivity index (χ1n) is 12.7. The van der Waals surface area contributed by atoms with E-state index in [-0.39, 0.29) is 5.82 Å². The van der Waals surface area contributed by atoms with Crippen LogP contribution >= 0.6 is 12.2 Å². The number of hydrogen-bond acceptors (Lipinski definition) is 5. The third-order valence-electron chi connectivity index (χ3n) is 6.80. The van der Waals surface area contributed by atoms with Crippen molar-refractivity contribution in [1.29, 1.82) is 0 Å². The van der Waals surface area contributed by atoms with E-state index in [1.54, 1.807) is 0 Å². The van der Waals surface area contributed by atoms with Crippen molar-refractivity contribution in [1.82, 2.24) is 15.3 Å². The van der Waals surface area contributed by atoms with E-state index in [4.69, 9.17) is 22.2 Å². The second-order valence-electron chi connectivity index (χ2n) is 9.59. The maximum atomic E-state index is 13.1. The molecule has 0 aliphatic carbocycles. The van der Waals surface area contributed by atoms with Crippen molar-refractivity contribution in [2.45, 2.75) is 58.3 Å². The van der Waals surface area contributed by atoms with Gasteiger partial charge in [0.2, 0.25) is 5.95 Å². The molecule has 2 fully saturated rings. The minimum atomic E-state index is -0.201. The predicted molar refractivity (Wildman–Crippen MR) is 142 cm³/mol. The SMILES string of the molecule is CC1CCN(c2cc(N3CCCCCC3)nc(NC(=S)NCCCc3ccc(F)cc3)n2)CC1. The molecule has 2 N–H and O–H groups in total. The molecule has 2 aliphatic rings. The van der Waals surface area contributed by atoms with Crippen molar-refractivity contribution < 1.29 is 4.39 Å². The third kappa shape index (κ3) is 7.26. The Bertz CT molecular complexity index is 921. The summed E-state index contributed by atoms with van der Waals surface area (Å²) in [6.45, 7) is 7.20. The highest BCUT2D eigenvalue weighted by molar-refractivity contribution is 7.80. The van der Waals surface area contributed by atoms with Crippen LogP contribution in [0.3, 0.4) is 0 Å². The number of nitrogens with zero attached hydrogens (tertiary/aromatic N) is 4. The zero-order valence-corrected chi connectivity index (χ0v) is 21.0. The van der Waals surface area contributed by atoms with Gasteiger partial charge in [-0.25, -0.2) is 4.39 Å². The van der Waals surface area contributed by atoms with Crippen LogP contribution in [0, 0.1) is 11.7 Å². The Balaban J connectivity index is 1.38. The highest BCUT2D eigenvalue weighted by Crippen LogP contribution is 2.27. The normalized spacial score (nSPS) is 17.4. The first-order valence-corrected chi connectivity index (χ1v) is 13.2. The van der Waals surface area contributed by atoms with Crippen LogP contribution in [-0.4, -0.2) is 47.8 Å². The molecule has 0 bridgehead atoms. The zero-order chi connectivity index (χ0) is 23.8. The Hall–Kier alpha value is -2.48. The number of hydrogen-bond donors (Lipinski definition) is 2. The van der Waals surface area contributed by atoms with Gasteiger partial charge in [-0.05, 0) is 74.4 Å². The van der Waals surface area contributed by atoms with Crippen molar-refractivity contribution >= 4 is 34.9 Å². The molecule has 8 heteroatoms. The summed E-state index contributed by atoms with van der Waals surface area (Å²) in [4.78, 5) is 14.5. The fraction of sp³-hybridized carbons (Fsp3) is 0.577. The summed E-state index contributed by atoms with van der Waals surface area (Å²) in [5.74, 6) is 3.11. The van der Waals surface area contributed by atoms with Gasteiger partial charge < -0.3 is 20.4 Å². The molecular formula is C26H37FN6S. The third-order valence-corrected chi connectivity index (χ3v) is 7.05. The Labute approximate surface area is 208 Å². The molecule has 2 aliphatic heterocycles. The summed E-state index contributed by atoms with van der Waals surface area (Å²) in [5.41, 5.74) is 1.12. The molecule has 0 radical (unpaired) electrons. The van der Waals surface area contributed by atoms with Gasteiger partial charge in [-0.15, -0.1) is 0 Å². The molecule has 6 nitrogen and oxygen atoms in total. The number of anilines is 3. The van der Waals surface area contributed by atoms with Gasteiger partial charge in [0.1, 0.15) is 17.5 Å². The second-order valence-corrected chi connectivity index (χ2v) is 10.00. The number of rotatable bonds is 7. The Morgan fingerprint density at radius 2 is 1.59 bits per heavy atom. The molecule has 0 atom stereocenters. The van der Waals surface area contributed by atoms with Gasteiger partial charge in [-0.3, -0.25) is 0 Å². The molecule has 4 rings (SSSR count). The predicted octanol–water partition coefficient (Wildman–Crippen LogP) is 5.15. The van der Waals surface area contributed by atoms with E-state index in [1.807, 2.05) is 12.1 Å². The minimum Gasteiger partial charge on any atom is -0.362 e. The molecule has 1 aromatic carbocycles. The summed E-state index contributed by atoms with van der Waals surface area (Å²) in [7, 11) is 0. The zero-order valence-electron chi connectivity index (χ0n) is 20.2. The molecule has 34 heavy (non-hydrogen) atoms. The van der Waals surface area contributed by atoms with Crippen LogP contribution in [0.4, 0.5) is 22.0 Å². The lowest BCUT2D eigenvalue weighted by Crippen LogP contribution is -2.35. The number of benzene rings is 1. The van der Waals surface area contributed by atoms with Crippen LogP contribution in [0.1, 0.15) is 57.4 Å². The van der Waals surface area contributed by atoms with Crippen LogP contribution < -0.4 is 20.4 Å². The summed E-state index contributed by atoms with van der Waals surface area (Å²) in [6.07, 6.45) is 9.15. The molecule has 2 aromatic rings. The monoisotopic (exact) mass is 484 g/mol. The lowest BCUT2D eigenvalue weighted by Gasteiger charge is -2.32. The van der Waals surface area contributed by atoms with Crippen molar-refractivity contribution in [2.75, 3.05) is 47.8 Å². The molecule has 1 aromatic heterocycles. The van der Waals surface area contributed by atoms with E-state index in [1.165, 1.54) is 50.7 Å². The Kier molecular flexibility index (Phi) is 8.91. The largest absolute Gasteiger partial charge is 0.362 e. The van der Waals surface area contributed by atoms with Crippen molar-refractivity contribution in [3.05, 3.63) is 41.7 Å². The maximum Gasteiger partial charge on any atom is 0.232 e. The van der Waals surface area contributed by atoms with Gasteiger partial charge in [0.15, 0.2) is 5.11 Å². The van der Waals surface area contributed by atoms with E-state index in [9.17, 15) is 4.39 Å². The molecule has 2 saturated heterocycles. The van der Waals surface area contributed by atoms with E-state index in [2.05, 4.69) is 33.4 Å². The second kappa shape index (κ2) is 12.3. The first kappa shape index (κ1) is 24.6. The van der Waals surface area contributed by atoms with Gasteiger partial charge in [-0.1, -0.05) is 31.9 Å². The number of thiocarbonyl (C=S) groups is 1. The van der Waals surface area contributed by atoms with E-state index < -0.39 is 0 Å². The number of aryl methyl sites for hydroxylation is 1. The summed E-state index contributed by atoms with van der Waals surface area (Å²) < 4.78 is 13.1. The van der Waals surface area contributed by atoms with E-state index >= 15 is 0 Å². The molecule has 3 heterocycles. The maximum absolute atomic E-state index is 13.1. The first-order chi connectivity index (χ1) is 16.6. The number of aromatic nitrogens is 2. The number of halogens is 1. The fourth-order valence-corrected chi connectivity index (χ4v) is 4.82. The Morgan fingerprint density at radius 3 is 2.24 bits per heavy atom. The smallest absolute Gasteiger partial charge is 0.232 e. The van der Waals surface area contributed by atoms with Gasteiger partial charge in [0.05, 0.1) is 0 Å². The van der Waals surface area contributed by atoms with Crippen molar-refractivity contribution in [2.24, 2.45) is 5.92 Å². The molecule has 0 spiro atoms. The van der Waals surface area contributed by atoms with Crippen molar-refractivity contribution in [3.63, 3.8) is 0 Å². The number of nitrogens with one attached hydrogen (secondary N) is 2. The topological polar surface area (TPSA) is 56.3 Å². The molecule has 0 unspecified atom stereocenters. The van der Waals surface area contributed by atoms with Crippen LogP contribution in [0.2, 0.25) is 0 Å². The lowest BCUT2D eigenvalue weighted by atomic mass is 9.99. The summed E-state index contributed by atoms with van der Waals surface area (Å²) >= 11 is 5.54. The summed E-state index contributed by atoms with van der Waals surface area (Å²) in [6, 6.07) is 8.83. The fourth-order valence-electron chi connectivity index (χ4n) is 4.63. The molecule has 184 valence electrons. The van der Waals surface area contributed by atoms with Gasteiger partial charge in [0.25, 0.3) is 0 Å². The average molecular weight is 485 g/mol. The quantitative estimate of drug-likeness (QED) is 0.416. The van der Waals surface area contributed by atoms with Gasteiger partial charge in [-0.2, -0.15) is 9.97 Å². The van der Waals surface area contributed by atoms with Gasteiger partial charge in [0, 0.05) is 38.8 Å². The highest BCUT2D eigenvalue weighted by atomic mass is 32.1. The summed E-state index contributed by atoms with van der Waals surface area (Å²) in [5, 5.41) is 7.02. The average Bonchev–Trinajstić information content (AvgIpc) is 3.13. The van der Waals surface area contributed by atoms with E-state index in [0.717, 1.165) is 68.7 Å². The van der Waals surface area contributed by atoms with Crippen LogP contribution in [0.25, 0.3) is 0 Å². The van der Waals surface area contributed by atoms with Crippen LogP contribution in [-0.2, 0) is 6.42 Å². The number of piperidine rings is 1. The standard InChI is InChI=1S/C26H37FN6S/c1-20-12-17-33(18-13-20)24-19-23(32-15-4-2-3-5-16-32)29-25(30-24)31-26(34)28-14-6-7-21-8-10-22(27)11-9-21/h8-11,19-20H,2-7,12-18H2,1H3,(H2,28,29,30,31,34). The minimum absolute atomic E-state index is 0.201. The van der Waals surface area contributed by atoms with Crippen LogP contribution in [0.5, 0.6) is 0 Å². The van der Waals surface area contributed by atoms with Crippen molar-refractivity contribution in [3.8, 4) is 0 Å². The van der Waals surface area contributed by atoms with E-state index in [0.29, 0.717) is 11.1 Å². The lowest BCUT2D eigenvalue weighted by molar-refractivity contribution is 0.436. The Morgan fingerprint density at radius 1 is 0.971 bits per heavy atom. The molecule has 0 amide bonds. The van der Waals surface area contributed by atoms with Crippen LogP contribution in [0.15, 0.2) is 30.3 Å². The molecule has 0 saturated carbocycles. The highest BCUT2D eigenvalue weighted by Gasteiger charge is 2.21. The van der Waals surface area contributed by atoms with Gasteiger partial charge >= 0.3 is 0 Å². The molecular weight excluding hydrogens is 447 g/mol.